The predicted molar refractivity (Wildman–Crippen MR) is 120 cm³/mol. The van der Waals surface area contributed by atoms with E-state index in [-0.39, 0.29) is 17.7 Å². The second-order valence-corrected chi connectivity index (χ2v) is 8.71. The molecule has 2 aliphatic heterocycles. The van der Waals surface area contributed by atoms with Gasteiger partial charge in [-0.2, -0.15) is 0 Å². The van der Waals surface area contributed by atoms with E-state index in [0.29, 0.717) is 53.8 Å². The van der Waals surface area contributed by atoms with Crippen molar-refractivity contribution in [2.24, 2.45) is 0 Å². The maximum atomic E-state index is 13.0. The highest BCUT2D eigenvalue weighted by Gasteiger charge is 2.35. The molecule has 0 fully saturated rings. The van der Waals surface area contributed by atoms with Crippen LogP contribution in [-0.2, 0) is 17.7 Å². The molecule has 0 bridgehead atoms. The minimum atomic E-state index is -0.622. The van der Waals surface area contributed by atoms with Crippen LogP contribution in [0.25, 0.3) is 11.3 Å². The van der Waals surface area contributed by atoms with Gasteiger partial charge >= 0.3 is 6.09 Å². The van der Waals surface area contributed by atoms with E-state index in [1.165, 1.54) is 17.4 Å². The van der Waals surface area contributed by atoms with Gasteiger partial charge in [-0.05, 0) is 37.1 Å². The molecule has 5 rings (SSSR count). The maximum Gasteiger partial charge on any atom is 0.410 e. The molecule has 33 heavy (non-hydrogen) atoms. The molecule has 0 saturated carbocycles. The SMILES string of the molecule is CCOC(=O)N1CCc2c(sc3c2C(=O)N[C@H](c2ccc(-c4ccccc4[N+](=O)[O-])o2)N3)C1. The van der Waals surface area contributed by atoms with Crippen molar-refractivity contribution in [2.75, 3.05) is 18.5 Å². The number of hydrogen-bond acceptors (Lipinski definition) is 8. The Bertz CT molecular complexity index is 1270. The van der Waals surface area contributed by atoms with Gasteiger partial charge < -0.3 is 24.7 Å². The molecule has 1 aromatic carbocycles. The zero-order chi connectivity index (χ0) is 23.1. The second-order valence-electron chi connectivity index (χ2n) is 7.61. The second kappa shape index (κ2) is 8.24. The molecule has 11 heteroatoms. The Morgan fingerprint density at radius 1 is 1.30 bits per heavy atom. The van der Waals surface area contributed by atoms with Crippen molar-refractivity contribution < 1.29 is 23.7 Å². The molecule has 0 spiro atoms. The number of rotatable bonds is 4. The highest BCUT2D eigenvalue weighted by atomic mass is 32.1. The zero-order valence-corrected chi connectivity index (χ0v) is 18.4. The molecule has 2 N–H and O–H groups in total. The number of para-hydroxylation sites is 1. The quantitative estimate of drug-likeness (QED) is 0.432. The normalized spacial score (nSPS) is 16.9. The lowest BCUT2D eigenvalue weighted by Crippen LogP contribution is -2.39. The van der Waals surface area contributed by atoms with Crippen LogP contribution in [0.1, 0.15) is 39.6 Å². The summed E-state index contributed by atoms with van der Waals surface area (Å²) in [4.78, 5) is 38.5. The number of ether oxygens (including phenoxy) is 1. The summed E-state index contributed by atoms with van der Waals surface area (Å²) in [6, 6.07) is 9.67. The number of nitrogens with zero attached hydrogens (tertiary/aromatic N) is 2. The molecule has 0 aliphatic carbocycles. The molecule has 1 atom stereocenters. The third-order valence-electron chi connectivity index (χ3n) is 5.64. The van der Waals surface area contributed by atoms with E-state index in [0.717, 1.165) is 10.4 Å². The van der Waals surface area contributed by atoms with Gasteiger partial charge in [-0.3, -0.25) is 14.9 Å². The average molecular weight is 468 g/mol. The number of furan rings is 1. The number of nitro benzene ring substituents is 1. The summed E-state index contributed by atoms with van der Waals surface area (Å²) in [6.45, 7) is 2.96. The Balaban J connectivity index is 1.40. The first-order chi connectivity index (χ1) is 16.0. The zero-order valence-electron chi connectivity index (χ0n) is 17.6. The fourth-order valence-corrected chi connectivity index (χ4v) is 5.41. The molecule has 10 nitrogen and oxygen atoms in total. The number of benzene rings is 1. The molecule has 2 aromatic heterocycles. The Kier molecular flexibility index (Phi) is 5.25. The van der Waals surface area contributed by atoms with Gasteiger partial charge in [0, 0.05) is 17.5 Å². The van der Waals surface area contributed by atoms with Gasteiger partial charge in [0.1, 0.15) is 16.5 Å². The fraction of sp³-hybridized carbons (Fsp3) is 0.273. The average Bonchev–Trinajstić information content (AvgIpc) is 3.43. The lowest BCUT2D eigenvalue weighted by Gasteiger charge is -2.27. The van der Waals surface area contributed by atoms with E-state index in [2.05, 4.69) is 10.6 Å². The number of carbonyl (C=O) groups is 2. The third kappa shape index (κ3) is 3.69. The van der Waals surface area contributed by atoms with E-state index < -0.39 is 11.1 Å². The Morgan fingerprint density at radius 3 is 2.91 bits per heavy atom. The molecule has 0 saturated heterocycles. The Hall–Kier alpha value is -3.86. The van der Waals surface area contributed by atoms with Crippen LogP contribution in [-0.4, -0.2) is 35.0 Å². The summed E-state index contributed by atoms with van der Waals surface area (Å²) in [5.74, 6) is 0.552. The van der Waals surface area contributed by atoms with Crippen molar-refractivity contribution >= 4 is 34.0 Å². The number of anilines is 1. The summed E-state index contributed by atoms with van der Waals surface area (Å²) in [6.07, 6.45) is -0.409. The van der Waals surface area contributed by atoms with Gasteiger partial charge in [-0.15, -0.1) is 11.3 Å². The lowest BCUT2D eigenvalue weighted by atomic mass is 10.0. The molecule has 0 radical (unpaired) electrons. The number of carbonyl (C=O) groups excluding carboxylic acids is 2. The molecule has 3 aromatic rings. The van der Waals surface area contributed by atoms with Crippen molar-refractivity contribution in [3.63, 3.8) is 0 Å². The summed E-state index contributed by atoms with van der Waals surface area (Å²) >= 11 is 1.44. The monoisotopic (exact) mass is 468 g/mol. The number of nitrogens with one attached hydrogen (secondary N) is 2. The summed E-state index contributed by atoms with van der Waals surface area (Å²) in [7, 11) is 0. The maximum absolute atomic E-state index is 13.0. The lowest BCUT2D eigenvalue weighted by molar-refractivity contribution is -0.384. The van der Waals surface area contributed by atoms with Crippen LogP contribution in [0.4, 0.5) is 15.5 Å². The topological polar surface area (TPSA) is 127 Å². The van der Waals surface area contributed by atoms with E-state index in [1.807, 2.05) is 0 Å². The van der Waals surface area contributed by atoms with Crippen LogP contribution in [0.15, 0.2) is 40.8 Å². The van der Waals surface area contributed by atoms with E-state index in [1.54, 1.807) is 42.2 Å². The van der Waals surface area contributed by atoms with Crippen molar-refractivity contribution in [2.45, 2.75) is 26.1 Å². The van der Waals surface area contributed by atoms with Crippen molar-refractivity contribution in [1.82, 2.24) is 10.2 Å². The van der Waals surface area contributed by atoms with Crippen molar-refractivity contribution in [3.8, 4) is 11.3 Å². The number of nitro groups is 1. The van der Waals surface area contributed by atoms with Gasteiger partial charge in [0.15, 0.2) is 6.17 Å². The van der Waals surface area contributed by atoms with Crippen LogP contribution < -0.4 is 10.6 Å². The van der Waals surface area contributed by atoms with Crippen LogP contribution in [0.5, 0.6) is 0 Å². The molecule has 0 unspecified atom stereocenters. The number of fused-ring (bicyclic) bond motifs is 3. The minimum Gasteiger partial charge on any atom is -0.457 e. The highest BCUT2D eigenvalue weighted by Crippen LogP contribution is 2.41. The molecule has 4 heterocycles. The van der Waals surface area contributed by atoms with Gasteiger partial charge in [0.2, 0.25) is 0 Å². The number of amides is 2. The summed E-state index contributed by atoms with van der Waals surface area (Å²) in [5, 5.41) is 18.3. The van der Waals surface area contributed by atoms with Crippen LogP contribution in [0.2, 0.25) is 0 Å². The smallest absolute Gasteiger partial charge is 0.410 e. The third-order valence-corrected chi connectivity index (χ3v) is 6.79. The van der Waals surface area contributed by atoms with Crippen LogP contribution in [0.3, 0.4) is 0 Å². The van der Waals surface area contributed by atoms with Gasteiger partial charge in [0.25, 0.3) is 11.6 Å². The number of thiophene rings is 1. The number of hydrogen-bond donors (Lipinski definition) is 2. The molecular formula is C22H20N4O6S. The first-order valence-electron chi connectivity index (χ1n) is 10.4. The van der Waals surface area contributed by atoms with Gasteiger partial charge in [0.05, 0.1) is 29.2 Å². The standard InChI is InChI=1S/C22H20N4O6S/c1-2-31-22(28)25-10-9-13-17(11-25)33-21-18(13)20(27)23-19(24-21)16-8-7-15(32-16)12-5-3-4-6-14(12)26(29)30/h3-8,19,24H,2,9-11H2,1H3,(H,23,27)/t19-/m0/s1. The van der Waals surface area contributed by atoms with Crippen molar-refractivity contribution in [3.05, 3.63) is 68.3 Å². The predicted octanol–water partition coefficient (Wildman–Crippen LogP) is 4.29. The first kappa shape index (κ1) is 21.0. The fourth-order valence-electron chi connectivity index (χ4n) is 4.12. The van der Waals surface area contributed by atoms with Gasteiger partial charge in [-0.1, -0.05) is 12.1 Å². The van der Waals surface area contributed by atoms with E-state index >= 15 is 0 Å². The summed E-state index contributed by atoms with van der Waals surface area (Å²) in [5.41, 5.74) is 1.85. The van der Waals surface area contributed by atoms with Gasteiger partial charge in [-0.25, -0.2) is 4.79 Å². The van der Waals surface area contributed by atoms with Crippen LogP contribution in [0, 0.1) is 10.1 Å². The minimum absolute atomic E-state index is 0.0570. The largest absolute Gasteiger partial charge is 0.457 e. The van der Waals surface area contributed by atoms with E-state index in [9.17, 15) is 19.7 Å². The molecule has 170 valence electrons. The Morgan fingerprint density at radius 2 is 2.12 bits per heavy atom. The van der Waals surface area contributed by atoms with E-state index in [4.69, 9.17) is 9.15 Å². The van der Waals surface area contributed by atoms with Crippen molar-refractivity contribution in [1.29, 1.82) is 0 Å². The molecular weight excluding hydrogens is 448 g/mol. The first-order valence-corrected chi connectivity index (χ1v) is 11.2. The highest BCUT2D eigenvalue weighted by molar-refractivity contribution is 7.16. The molecule has 2 amide bonds. The Labute approximate surface area is 192 Å². The molecule has 2 aliphatic rings. The summed E-state index contributed by atoms with van der Waals surface area (Å²) < 4.78 is 11.0. The van der Waals surface area contributed by atoms with Crippen LogP contribution >= 0.6 is 11.3 Å².